The summed E-state index contributed by atoms with van der Waals surface area (Å²) in [6.45, 7) is 8.14. The maximum atomic E-state index is 9.71. The van der Waals surface area contributed by atoms with Crippen LogP contribution < -0.4 is 0 Å². The second kappa shape index (κ2) is 8.72. The van der Waals surface area contributed by atoms with Crippen molar-refractivity contribution in [3.63, 3.8) is 0 Å². The van der Waals surface area contributed by atoms with Crippen molar-refractivity contribution in [1.29, 1.82) is 0 Å². The van der Waals surface area contributed by atoms with Gasteiger partial charge in [-0.25, -0.2) is 0 Å². The van der Waals surface area contributed by atoms with Crippen molar-refractivity contribution in [3.8, 4) is 0 Å². The largest absolute Gasteiger partial charge is 0.393 e. The Hall–Kier alpha value is -1.76. The number of hydrogen-bond donors (Lipinski definition) is 1. The van der Waals surface area contributed by atoms with Gasteiger partial charge in [-0.15, -0.1) is 10.2 Å². The number of likely N-dealkylation sites (tertiary alicyclic amines) is 2. The zero-order valence-corrected chi connectivity index (χ0v) is 17.2. The maximum absolute atomic E-state index is 9.71. The number of hydrogen-bond acceptors (Lipinski definition) is 5. The van der Waals surface area contributed by atoms with Crippen LogP contribution in [-0.2, 0) is 20.1 Å². The Bertz CT molecular complexity index is 781. The van der Waals surface area contributed by atoms with Crippen molar-refractivity contribution in [2.75, 3.05) is 26.2 Å². The van der Waals surface area contributed by atoms with Crippen molar-refractivity contribution < 1.29 is 5.11 Å². The summed E-state index contributed by atoms with van der Waals surface area (Å²) in [5, 5.41) is 18.8. The molecule has 3 heterocycles. The van der Waals surface area contributed by atoms with Crippen LogP contribution in [0.5, 0.6) is 0 Å². The molecule has 0 spiro atoms. The van der Waals surface area contributed by atoms with Gasteiger partial charge in [0.25, 0.3) is 0 Å². The highest BCUT2D eigenvalue weighted by molar-refractivity contribution is 5.25. The van der Waals surface area contributed by atoms with Crippen LogP contribution in [0.1, 0.15) is 54.4 Å². The van der Waals surface area contributed by atoms with Crippen molar-refractivity contribution in [3.05, 3.63) is 47.0 Å². The van der Waals surface area contributed by atoms with Crippen LogP contribution in [0.3, 0.4) is 0 Å². The second-order valence-corrected chi connectivity index (χ2v) is 8.54. The van der Waals surface area contributed by atoms with E-state index >= 15 is 0 Å². The number of aliphatic hydroxyl groups is 1. The summed E-state index contributed by atoms with van der Waals surface area (Å²) < 4.78 is 2.22. The Balaban J connectivity index is 1.40. The predicted molar refractivity (Wildman–Crippen MR) is 110 cm³/mol. The molecule has 1 aromatic carbocycles. The highest BCUT2D eigenvalue weighted by Crippen LogP contribution is 2.27. The fraction of sp³-hybridized carbons (Fsp3) is 0.636. The Morgan fingerprint density at radius 1 is 1.00 bits per heavy atom. The van der Waals surface area contributed by atoms with Gasteiger partial charge in [-0.3, -0.25) is 9.80 Å². The molecule has 1 N–H and O–H groups in total. The average molecular weight is 384 g/mol. The fourth-order valence-electron chi connectivity index (χ4n) is 4.58. The first-order valence-electron chi connectivity index (χ1n) is 10.7. The third kappa shape index (κ3) is 4.45. The molecular weight excluding hydrogens is 350 g/mol. The summed E-state index contributed by atoms with van der Waals surface area (Å²) in [4.78, 5) is 4.95. The summed E-state index contributed by atoms with van der Waals surface area (Å²) in [5.41, 5.74) is 2.80. The van der Waals surface area contributed by atoms with Gasteiger partial charge in [-0.1, -0.05) is 24.3 Å². The van der Waals surface area contributed by atoms with Crippen molar-refractivity contribution in [2.24, 2.45) is 7.05 Å². The van der Waals surface area contributed by atoms with Gasteiger partial charge >= 0.3 is 0 Å². The SMILES string of the molecule is Cc1ccccc1CN1CCC[C@@H](c2nnc(CN3CCC(O)CC3)n2C)C1. The predicted octanol–water partition coefficient (Wildman–Crippen LogP) is 2.46. The van der Waals surface area contributed by atoms with Crippen LogP contribution in [0.4, 0.5) is 0 Å². The van der Waals surface area contributed by atoms with E-state index < -0.39 is 0 Å². The summed E-state index contributed by atoms with van der Waals surface area (Å²) >= 11 is 0. The summed E-state index contributed by atoms with van der Waals surface area (Å²) in [6.07, 6.45) is 3.99. The van der Waals surface area contributed by atoms with Gasteiger partial charge in [0, 0.05) is 39.1 Å². The molecule has 2 saturated heterocycles. The van der Waals surface area contributed by atoms with E-state index in [-0.39, 0.29) is 6.10 Å². The average Bonchev–Trinajstić information content (AvgIpc) is 3.06. The molecule has 0 amide bonds. The van der Waals surface area contributed by atoms with E-state index in [2.05, 4.69) is 62.8 Å². The first-order valence-corrected chi connectivity index (χ1v) is 10.7. The molecule has 6 heteroatoms. The molecule has 4 rings (SSSR count). The molecule has 2 aromatic rings. The van der Waals surface area contributed by atoms with Crippen molar-refractivity contribution in [1.82, 2.24) is 24.6 Å². The van der Waals surface area contributed by atoms with Crippen molar-refractivity contribution in [2.45, 2.75) is 57.7 Å². The number of rotatable bonds is 5. The number of piperidine rings is 2. The Kier molecular flexibility index (Phi) is 6.09. The minimum atomic E-state index is -0.132. The molecule has 6 nitrogen and oxygen atoms in total. The van der Waals surface area contributed by atoms with E-state index in [9.17, 15) is 5.11 Å². The molecule has 28 heavy (non-hydrogen) atoms. The smallest absolute Gasteiger partial charge is 0.146 e. The Labute approximate surface area is 168 Å². The first kappa shape index (κ1) is 19.6. The van der Waals surface area contributed by atoms with Crippen LogP contribution in [0.2, 0.25) is 0 Å². The summed E-state index contributed by atoms with van der Waals surface area (Å²) in [7, 11) is 2.11. The van der Waals surface area contributed by atoms with Crippen LogP contribution >= 0.6 is 0 Å². The lowest BCUT2D eigenvalue weighted by atomic mass is 9.96. The van der Waals surface area contributed by atoms with E-state index in [1.165, 1.54) is 24.0 Å². The molecule has 152 valence electrons. The third-order valence-electron chi connectivity index (χ3n) is 6.45. The topological polar surface area (TPSA) is 57.4 Å². The molecule has 1 atom stereocenters. The van der Waals surface area contributed by atoms with E-state index in [4.69, 9.17) is 0 Å². The molecular formula is C22H33N5O. The molecule has 2 aliphatic rings. The number of aliphatic hydroxyl groups excluding tert-OH is 1. The molecule has 2 fully saturated rings. The molecule has 2 aliphatic heterocycles. The third-order valence-corrected chi connectivity index (χ3v) is 6.45. The van der Waals surface area contributed by atoms with Crippen molar-refractivity contribution >= 4 is 0 Å². The molecule has 0 saturated carbocycles. The van der Waals surface area contributed by atoms with Crippen LogP contribution in [0.15, 0.2) is 24.3 Å². The van der Waals surface area contributed by atoms with Gasteiger partial charge in [-0.05, 0) is 50.3 Å². The minimum Gasteiger partial charge on any atom is -0.393 e. The summed E-state index contributed by atoms with van der Waals surface area (Å²) in [6, 6.07) is 8.69. The molecule has 0 radical (unpaired) electrons. The lowest BCUT2D eigenvalue weighted by Gasteiger charge is -2.32. The van der Waals surface area contributed by atoms with E-state index in [1.54, 1.807) is 0 Å². The standard InChI is InChI=1S/C22H33N5O/c1-17-6-3-4-7-18(17)14-27-11-5-8-19(15-27)22-24-23-21(25(22)2)16-26-12-9-20(28)10-13-26/h3-4,6-7,19-20,28H,5,8-16H2,1-2H3/t19-/m1/s1. The number of aromatic nitrogens is 3. The Morgan fingerprint density at radius 2 is 1.79 bits per heavy atom. The van der Waals surface area contributed by atoms with Gasteiger partial charge in [0.05, 0.1) is 12.6 Å². The zero-order chi connectivity index (χ0) is 19.5. The summed E-state index contributed by atoms with van der Waals surface area (Å²) in [5.74, 6) is 2.62. The lowest BCUT2D eigenvalue weighted by molar-refractivity contribution is 0.0775. The zero-order valence-electron chi connectivity index (χ0n) is 17.2. The van der Waals surface area contributed by atoms with Crippen LogP contribution in [-0.4, -0.2) is 62.0 Å². The second-order valence-electron chi connectivity index (χ2n) is 8.54. The number of aryl methyl sites for hydroxylation is 1. The van der Waals surface area contributed by atoms with E-state index in [0.717, 1.165) is 63.8 Å². The monoisotopic (exact) mass is 383 g/mol. The maximum Gasteiger partial charge on any atom is 0.146 e. The highest BCUT2D eigenvalue weighted by Gasteiger charge is 2.27. The molecule has 0 bridgehead atoms. The highest BCUT2D eigenvalue weighted by atomic mass is 16.3. The number of nitrogens with zero attached hydrogens (tertiary/aromatic N) is 5. The first-order chi connectivity index (χ1) is 13.6. The minimum absolute atomic E-state index is 0.132. The molecule has 0 aliphatic carbocycles. The number of benzene rings is 1. The van der Waals surface area contributed by atoms with Crippen LogP contribution in [0.25, 0.3) is 0 Å². The van der Waals surface area contributed by atoms with Crippen LogP contribution in [0, 0.1) is 6.92 Å². The quantitative estimate of drug-likeness (QED) is 0.860. The fourth-order valence-corrected chi connectivity index (χ4v) is 4.58. The molecule has 0 unspecified atom stereocenters. The van der Waals surface area contributed by atoms with Gasteiger partial charge in [-0.2, -0.15) is 0 Å². The van der Waals surface area contributed by atoms with Gasteiger partial charge in [0.2, 0.25) is 0 Å². The lowest BCUT2D eigenvalue weighted by Crippen LogP contribution is -2.36. The normalized spacial score (nSPS) is 22.6. The van der Waals surface area contributed by atoms with Gasteiger partial charge in [0.15, 0.2) is 0 Å². The van der Waals surface area contributed by atoms with E-state index in [1.807, 2.05) is 0 Å². The molecule has 1 aromatic heterocycles. The van der Waals surface area contributed by atoms with Gasteiger partial charge in [0.1, 0.15) is 11.6 Å². The van der Waals surface area contributed by atoms with Gasteiger partial charge < -0.3 is 9.67 Å². The van der Waals surface area contributed by atoms with E-state index in [0.29, 0.717) is 5.92 Å². The Morgan fingerprint density at radius 3 is 2.57 bits per heavy atom.